The van der Waals surface area contributed by atoms with Crippen molar-refractivity contribution in [3.05, 3.63) is 0 Å². The van der Waals surface area contributed by atoms with Gasteiger partial charge in [0.15, 0.2) is 0 Å². The minimum Gasteiger partial charge on any atom is -0.383 e. The van der Waals surface area contributed by atoms with Gasteiger partial charge in [-0.05, 0) is 20.9 Å². The highest BCUT2D eigenvalue weighted by atomic mass is 16.5. The van der Waals surface area contributed by atoms with Crippen molar-refractivity contribution in [3.8, 4) is 0 Å². The molecule has 0 aromatic carbocycles. The third-order valence-electron chi connectivity index (χ3n) is 2.72. The van der Waals surface area contributed by atoms with Crippen LogP contribution in [0.2, 0.25) is 0 Å². The standard InChI is InChI=1S/C11H26N2O2/c1-10(8-12-6-7-14-4)13(3)11(2)9-15-5/h10-12H,6-9H2,1-5H3. The quantitative estimate of drug-likeness (QED) is 0.574. The van der Waals surface area contributed by atoms with Crippen LogP contribution in [0.5, 0.6) is 0 Å². The number of ether oxygens (including phenoxy) is 2. The van der Waals surface area contributed by atoms with Gasteiger partial charge < -0.3 is 14.8 Å². The summed E-state index contributed by atoms with van der Waals surface area (Å²) in [7, 11) is 5.59. The van der Waals surface area contributed by atoms with Gasteiger partial charge in [-0.3, -0.25) is 4.90 Å². The fourth-order valence-electron chi connectivity index (χ4n) is 1.42. The number of hydrogen-bond acceptors (Lipinski definition) is 4. The zero-order valence-electron chi connectivity index (χ0n) is 10.7. The number of nitrogens with zero attached hydrogens (tertiary/aromatic N) is 1. The highest BCUT2D eigenvalue weighted by Crippen LogP contribution is 2.01. The Bertz CT molecular complexity index is 145. The molecule has 4 nitrogen and oxygen atoms in total. The van der Waals surface area contributed by atoms with E-state index < -0.39 is 0 Å². The van der Waals surface area contributed by atoms with Crippen molar-refractivity contribution in [2.45, 2.75) is 25.9 Å². The molecule has 0 saturated heterocycles. The summed E-state index contributed by atoms with van der Waals surface area (Å²) in [6.07, 6.45) is 0. The number of methoxy groups -OCH3 is 2. The van der Waals surface area contributed by atoms with Crippen LogP contribution in [0.1, 0.15) is 13.8 Å². The van der Waals surface area contributed by atoms with Crippen molar-refractivity contribution in [1.29, 1.82) is 0 Å². The molecule has 2 unspecified atom stereocenters. The van der Waals surface area contributed by atoms with E-state index in [-0.39, 0.29) is 0 Å². The van der Waals surface area contributed by atoms with Crippen LogP contribution in [0.25, 0.3) is 0 Å². The van der Waals surface area contributed by atoms with Gasteiger partial charge in [0, 0.05) is 39.4 Å². The topological polar surface area (TPSA) is 33.7 Å². The summed E-state index contributed by atoms with van der Waals surface area (Å²) in [6, 6.07) is 0.959. The lowest BCUT2D eigenvalue weighted by Gasteiger charge is -2.30. The fraction of sp³-hybridized carbons (Fsp3) is 1.00. The lowest BCUT2D eigenvalue weighted by molar-refractivity contribution is 0.0927. The Kier molecular flexibility index (Phi) is 9.00. The molecular formula is C11H26N2O2. The highest BCUT2D eigenvalue weighted by Gasteiger charge is 2.14. The maximum Gasteiger partial charge on any atom is 0.0615 e. The molecule has 0 fully saturated rings. The van der Waals surface area contributed by atoms with Crippen LogP contribution in [-0.4, -0.2) is 64.6 Å². The van der Waals surface area contributed by atoms with Crippen LogP contribution in [0.15, 0.2) is 0 Å². The molecule has 92 valence electrons. The van der Waals surface area contributed by atoms with E-state index in [1.54, 1.807) is 14.2 Å². The molecule has 0 heterocycles. The van der Waals surface area contributed by atoms with Gasteiger partial charge >= 0.3 is 0 Å². The monoisotopic (exact) mass is 218 g/mol. The van der Waals surface area contributed by atoms with E-state index in [0.717, 1.165) is 26.3 Å². The van der Waals surface area contributed by atoms with Crippen molar-refractivity contribution in [1.82, 2.24) is 10.2 Å². The Labute approximate surface area is 93.9 Å². The first-order valence-electron chi connectivity index (χ1n) is 5.54. The largest absolute Gasteiger partial charge is 0.383 e. The molecule has 0 amide bonds. The molecule has 1 N–H and O–H groups in total. The number of hydrogen-bond donors (Lipinski definition) is 1. The molecule has 2 atom stereocenters. The molecule has 0 bridgehead atoms. The second kappa shape index (κ2) is 9.09. The van der Waals surface area contributed by atoms with Gasteiger partial charge in [-0.25, -0.2) is 0 Å². The average Bonchev–Trinajstić information content (AvgIpc) is 2.23. The molecule has 0 aromatic heterocycles. The molecule has 0 aromatic rings. The van der Waals surface area contributed by atoms with Crippen LogP contribution in [0.4, 0.5) is 0 Å². The Morgan fingerprint density at radius 3 is 2.33 bits per heavy atom. The van der Waals surface area contributed by atoms with Crippen molar-refractivity contribution in [3.63, 3.8) is 0 Å². The molecule has 0 aliphatic rings. The van der Waals surface area contributed by atoms with E-state index in [1.807, 2.05) is 0 Å². The van der Waals surface area contributed by atoms with E-state index in [1.165, 1.54) is 0 Å². The zero-order chi connectivity index (χ0) is 11.7. The average molecular weight is 218 g/mol. The minimum absolute atomic E-state index is 0.453. The summed E-state index contributed by atoms with van der Waals surface area (Å²) in [6.45, 7) is 7.82. The summed E-state index contributed by atoms with van der Waals surface area (Å²) in [5.74, 6) is 0. The van der Waals surface area contributed by atoms with Crippen molar-refractivity contribution < 1.29 is 9.47 Å². The zero-order valence-corrected chi connectivity index (χ0v) is 10.7. The first-order valence-corrected chi connectivity index (χ1v) is 5.54. The van der Waals surface area contributed by atoms with Crippen LogP contribution < -0.4 is 5.32 Å². The van der Waals surface area contributed by atoms with Gasteiger partial charge in [0.05, 0.1) is 13.2 Å². The summed E-state index contributed by atoms with van der Waals surface area (Å²) in [4.78, 5) is 2.32. The number of nitrogens with one attached hydrogen (secondary N) is 1. The lowest BCUT2D eigenvalue weighted by atomic mass is 10.2. The number of likely N-dealkylation sites (N-methyl/N-ethyl adjacent to an activating group) is 1. The first kappa shape index (κ1) is 14.8. The first-order chi connectivity index (χ1) is 7.13. The Hall–Kier alpha value is -0.160. The van der Waals surface area contributed by atoms with Gasteiger partial charge in [-0.15, -0.1) is 0 Å². The van der Waals surface area contributed by atoms with E-state index in [0.29, 0.717) is 12.1 Å². The molecule has 0 aliphatic carbocycles. The fourth-order valence-corrected chi connectivity index (χ4v) is 1.42. The molecule has 0 aliphatic heterocycles. The summed E-state index contributed by atoms with van der Waals surface area (Å²) < 4.78 is 10.1. The molecule has 4 heteroatoms. The second-order valence-electron chi connectivity index (χ2n) is 4.02. The molecular weight excluding hydrogens is 192 g/mol. The van der Waals surface area contributed by atoms with E-state index in [9.17, 15) is 0 Å². The van der Waals surface area contributed by atoms with Gasteiger partial charge in [0.2, 0.25) is 0 Å². The number of rotatable bonds is 9. The predicted octanol–water partition coefficient (Wildman–Crippen LogP) is 0.578. The highest BCUT2D eigenvalue weighted by molar-refractivity contribution is 4.71. The maximum atomic E-state index is 5.14. The third kappa shape index (κ3) is 6.84. The summed E-state index contributed by atoms with van der Waals surface area (Å²) in [5.41, 5.74) is 0. The summed E-state index contributed by atoms with van der Waals surface area (Å²) in [5, 5.41) is 3.36. The van der Waals surface area contributed by atoms with Gasteiger partial charge in [0.25, 0.3) is 0 Å². The van der Waals surface area contributed by atoms with E-state index in [4.69, 9.17) is 9.47 Å². The third-order valence-corrected chi connectivity index (χ3v) is 2.72. The molecule has 0 spiro atoms. The molecule has 0 rings (SSSR count). The summed E-state index contributed by atoms with van der Waals surface area (Å²) >= 11 is 0. The van der Waals surface area contributed by atoms with Crippen molar-refractivity contribution in [2.75, 3.05) is 47.6 Å². The van der Waals surface area contributed by atoms with Crippen LogP contribution in [0, 0.1) is 0 Å². The Balaban J connectivity index is 3.63. The van der Waals surface area contributed by atoms with Gasteiger partial charge in [0.1, 0.15) is 0 Å². The molecule has 15 heavy (non-hydrogen) atoms. The van der Waals surface area contributed by atoms with Gasteiger partial charge in [-0.2, -0.15) is 0 Å². The maximum absolute atomic E-state index is 5.14. The van der Waals surface area contributed by atoms with Crippen molar-refractivity contribution >= 4 is 0 Å². The smallest absolute Gasteiger partial charge is 0.0615 e. The molecule has 0 radical (unpaired) electrons. The lowest BCUT2D eigenvalue weighted by Crippen LogP contribution is -2.44. The van der Waals surface area contributed by atoms with Crippen LogP contribution >= 0.6 is 0 Å². The normalized spacial score (nSPS) is 15.6. The predicted molar refractivity (Wildman–Crippen MR) is 63.3 cm³/mol. The Morgan fingerprint density at radius 1 is 1.13 bits per heavy atom. The SMILES string of the molecule is COCCNCC(C)N(C)C(C)COC. The van der Waals surface area contributed by atoms with Gasteiger partial charge in [-0.1, -0.05) is 0 Å². The van der Waals surface area contributed by atoms with E-state index >= 15 is 0 Å². The van der Waals surface area contributed by atoms with Crippen molar-refractivity contribution in [2.24, 2.45) is 0 Å². The second-order valence-corrected chi connectivity index (χ2v) is 4.02. The van der Waals surface area contributed by atoms with Crippen LogP contribution in [-0.2, 0) is 9.47 Å². The minimum atomic E-state index is 0.453. The van der Waals surface area contributed by atoms with E-state index in [2.05, 4.69) is 31.1 Å². The Morgan fingerprint density at radius 2 is 1.80 bits per heavy atom. The van der Waals surface area contributed by atoms with Crippen LogP contribution in [0.3, 0.4) is 0 Å². The molecule has 0 saturated carbocycles.